The quantitative estimate of drug-likeness (QED) is 0.203. The third-order valence-corrected chi connectivity index (χ3v) is 7.32. The smallest absolute Gasteiger partial charge is 0.870 e. The van der Waals surface area contributed by atoms with Crippen LogP contribution in [0.25, 0.3) is 10.8 Å². The van der Waals surface area contributed by atoms with E-state index in [1.807, 2.05) is 0 Å². The average Bonchev–Trinajstić information content (AvgIpc) is 2.86. The van der Waals surface area contributed by atoms with Crippen LogP contribution in [0, 0.1) is 6.92 Å². The van der Waals surface area contributed by atoms with Crippen molar-refractivity contribution in [1.29, 1.82) is 0 Å². The van der Waals surface area contributed by atoms with E-state index in [1.165, 1.54) is 32.2 Å². The van der Waals surface area contributed by atoms with Gasteiger partial charge in [0.15, 0.2) is 0 Å². The van der Waals surface area contributed by atoms with Crippen molar-refractivity contribution in [3.63, 3.8) is 0 Å². The Balaban J connectivity index is 0.00000400. The van der Waals surface area contributed by atoms with Gasteiger partial charge in [0.2, 0.25) is 0 Å². The minimum Gasteiger partial charge on any atom is -0.870 e. The Bertz CT molecular complexity index is 1700. The van der Waals surface area contributed by atoms with E-state index in [2.05, 4.69) is 15.5 Å². The number of carbonyl (C=O) groups is 1. The van der Waals surface area contributed by atoms with Gasteiger partial charge in [-0.05, 0) is 48.2 Å². The van der Waals surface area contributed by atoms with Crippen molar-refractivity contribution >= 4 is 67.1 Å². The number of fused-ring (bicyclic) bond motifs is 1. The SMILES string of the molecule is COc1ccc(Cl)c(NC(=O)c2cc3ccccc3c(N=Nc3ccc(S(=O)(=O)O)c(Cl)c3C)c2[O-])c1.[Na+]. The number of halogens is 2. The van der Waals surface area contributed by atoms with Crippen molar-refractivity contribution in [3.8, 4) is 11.5 Å². The molecule has 2 N–H and O–H groups in total. The molecule has 0 atom stereocenters. The van der Waals surface area contributed by atoms with Crippen LogP contribution < -0.4 is 44.7 Å². The largest absolute Gasteiger partial charge is 1.00 e. The number of carbonyl (C=O) groups excluding carboxylic acids is 1. The van der Waals surface area contributed by atoms with Crippen LogP contribution in [0.15, 0.2) is 75.8 Å². The topological polar surface area (TPSA) is 140 Å². The Kier molecular flexibility index (Phi) is 9.43. The second-order valence-corrected chi connectivity index (χ2v) is 9.99. The first-order chi connectivity index (χ1) is 17.5. The fraction of sp³-hybridized carbons (Fsp3) is 0.0800. The molecule has 4 aromatic carbocycles. The first-order valence-corrected chi connectivity index (χ1v) is 12.8. The number of rotatable bonds is 6. The van der Waals surface area contributed by atoms with Crippen LogP contribution in [0.5, 0.6) is 11.5 Å². The summed E-state index contributed by atoms with van der Waals surface area (Å²) in [6.45, 7) is 1.49. The molecule has 0 spiro atoms. The summed E-state index contributed by atoms with van der Waals surface area (Å²) in [4.78, 5) is 12.6. The monoisotopic (exact) mass is 581 g/mol. The maximum Gasteiger partial charge on any atom is 1.00 e. The molecule has 0 saturated heterocycles. The molecule has 38 heavy (non-hydrogen) atoms. The minimum atomic E-state index is -4.54. The van der Waals surface area contributed by atoms with Crippen LogP contribution in [-0.2, 0) is 10.1 Å². The van der Waals surface area contributed by atoms with E-state index in [4.69, 9.17) is 27.9 Å². The van der Waals surface area contributed by atoms with E-state index in [0.717, 1.165) is 6.07 Å². The first-order valence-electron chi connectivity index (χ1n) is 10.6. The number of nitrogens with one attached hydrogen (secondary N) is 1. The Hall–Kier alpha value is -2.70. The molecule has 4 rings (SSSR count). The van der Waals surface area contributed by atoms with Crippen molar-refractivity contribution in [3.05, 3.63) is 81.8 Å². The standard InChI is InChI=1S/C25H19Cl2N3O6S.Na/c1-13-19(9-10-21(22(13)27)37(33,34)35)29-30-23-16-6-4-3-5-14(16)11-17(24(23)31)25(32)28-20-12-15(36-2)7-8-18(20)26;/h3-12,31H,1-2H3,(H,28,32)(H,33,34,35);/q;+1/p-1. The molecule has 1 amide bonds. The molecular formula is C25H18Cl2N3NaO6S. The van der Waals surface area contributed by atoms with Crippen molar-refractivity contribution < 1.29 is 57.2 Å². The molecule has 0 aliphatic heterocycles. The van der Waals surface area contributed by atoms with Gasteiger partial charge in [0, 0.05) is 17.0 Å². The number of nitrogens with zero attached hydrogens (tertiary/aromatic N) is 2. The summed E-state index contributed by atoms with van der Waals surface area (Å²) < 4.78 is 37.5. The number of amides is 1. The van der Waals surface area contributed by atoms with E-state index < -0.39 is 26.7 Å². The summed E-state index contributed by atoms with van der Waals surface area (Å²) in [5.74, 6) is -0.930. The van der Waals surface area contributed by atoms with E-state index in [-0.39, 0.29) is 67.8 Å². The Morgan fingerprint density at radius 2 is 1.76 bits per heavy atom. The number of hydrogen-bond donors (Lipinski definition) is 2. The third kappa shape index (κ3) is 6.13. The fourth-order valence-electron chi connectivity index (χ4n) is 3.56. The van der Waals surface area contributed by atoms with Gasteiger partial charge in [0.05, 0.1) is 34.2 Å². The van der Waals surface area contributed by atoms with Crippen LogP contribution in [-0.4, -0.2) is 26.0 Å². The van der Waals surface area contributed by atoms with Gasteiger partial charge in [-0.25, -0.2) is 0 Å². The zero-order valence-electron chi connectivity index (χ0n) is 20.3. The summed E-state index contributed by atoms with van der Waals surface area (Å²) in [6.07, 6.45) is 0. The zero-order valence-corrected chi connectivity index (χ0v) is 24.6. The summed E-state index contributed by atoms with van der Waals surface area (Å²) in [6, 6.07) is 15.3. The summed E-state index contributed by atoms with van der Waals surface area (Å²) in [5.41, 5.74) is 0.348. The fourth-order valence-corrected chi connectivity index (χ4v) is 4.79. The number of anilines is 1. The van der Waals surface area contributed by atoms with Crippen LogP contribution in [0.3, 0.4) is 0 Å². The van der Waals surface area contributed by atoms with Crippen molar-refractivity contribution in [2.45, 2.75) is 11.8 Å². The molecule has 9 nitrogen and oxygen atoms in total. The van der Waals surface area contributed by atoms with Crippen LogP contribution in [0.4, 0.5) is 17.1 Å². The Morgan fingerprint density at radius 1 is 1.05 bits per heavy atom. The molecule has 0 radical (unpaired) electrons. The van der Waals surface area contributed by atoms with Gasteiger partial charge in [-0.3, -0.25) is 9.35 Å². The van der Waals surface area contributed by atoms with Crippen LogP contribution in [0.2, 0.25) is 10.0 Å². The van der Waals surface area contributed by atoms with Crippen LogP contribution >= 0.6 is 23.2 Å². The summed E-state index contributed by atoms with van der Waals surface area (Å²) in [5, 5.41) is 25.2. The molecule has 0 aliphatic rings. The second-order valence-electron chi connectivity index (χ2n) is 7.82. The van der Waals surface area contributed by atoms with Gasteiger partial charge in [0.1, 0.15) is 10.6 Å². The molecular weight excluding hydrogens is 564 g/mol. The number of hydrogen-bond acceptors (Lipinski definition) is 7. The van der Waals surface area contributed by atoms with Crippen molar-refractivity contribution in [2.24, 2.45) is 10.2 Å². The third-order valence-electron chi connectivity index (χ3n) is 5.50. The van der Waals surface area contributed by atoms with E-state index in [0.29, 0.717) is 16.5 Å². The van der Waals surface area contributed by atoms with E-state index >= 15 is 0 Å². The molecule has 0 fully saturated rings. The average molecular weight is 582 g/mol. The van der Waals surface area contributed by atoms with Gasteiger partial charge in [-0.1, -0.05) is 53.2 Å². The molecule has 0 bridgehead atoms. The summed E-state index contributed by atoms with van der Waals surface area (Å²) >= 11 is 12.3. The minimum absolute atomic E-state index is 0. The Morgan fingerprint density at radius 3 is 2.45 bits per heavy atom. The molecule has 4 aromatic rings. The predicted octanol–water partition coefficient (Wildman–Crippen LogP) is 3.46. The number of azo groups is 1. The van der Waals surface area contributed by atoms with Gasteiger partial charge in [-0.15, -0.1) is 0 Å². The molecule has 0 aromatic heterocycles. The summed E-state index contributed by atoms with van der Waals surface area (Å²) in [7, 11) is -3.07. The maximum absolute atomic E-state index is 13.4. The molecule has 0 aliphatic carbocycles. The van der Waals surface area contributed by atoms with E-state index in [9.17, 15) is 22.9 Å². The molecule has 0 saturated carbocycles. The predicted molar refractivity (Wildman–Crippen MR) is 140 cm³/mol. The normalized spacial score (nSPS) is 11.4. The number of ether oxygens (including phenoxy) is 1. The second kappa shape index (κ2) is 12.0. The Labute approximate surface area is 250 Å². The molecule has 190 valence electrons. The first kappa shape index (κ1) is 29.9. The van der Waals surface area contributed by atoms with E-state index in [1.54, 1.807) is 36.4 Å². The maximum atomic E-state index is 13.4. The molecule has 0 unspecified atom stereocenters. The zero-order chi connectivity index (χ0) is 26.9. The van der Waals surface area contributed by atoms with Crippen molar-refractivity contribution in [2.75, 3.05) is 12.4 Å². The number of methoxy groups -OCH3 is 1. The molecule has 13 heteroatoms. The van der Waals surface area contributed by atoms with Crippen molar-refractivity contribution in [1.82, 2.24) is 0 Å². The number of benzene rings is 4. The van der Waals surface area contributed by atoms with Gasteiger partial charge >= 0.3 is 29.6 Å². The van der Waals surface area contributed by atoms with Gasteiger partial charge in [0.25, 0.3) is 16.0 Å². The molecule has 0 heterocycles. The van der Waals surface area contributed by atoms with Crippen LogP contribution in [0.1, 0.15) is 15.9 Å². The van der Waals surface area contributed by atoms with Gasteiger partial charge in [-0.2, -0.15) is 18.6 Å². The van der Waals surface area contributed by atoms with Gasteiger partial charge < -0.3 is 15.2 Å².